The molecule has 1 aromatic carbocycles. The van der Waals surface area contributed by atoms with E-state index >= 15 is 0 Å². The van der Waals surface area contributed by atoms with Crippen LogP contribution in [0.25, 0.3) is 0 Å². The molecule has 0 saturated heterocycles. The molecular weight excluding hydrogens is 352 g/mol. The number of nitrogens with zero attached hydrogens (tertiary/aromatic N) is 2. The van der Waals surface area contributed by atoms with E-state index in [1.807, 2.05) is 0 Å². The predicted molar refractivity (Wildman–Crippen MR) is 101 cm³/mol. The van der Waals surface area contributed by atoms with Crippen molar-refractivity contribution in [3.05, 3.63) is 30.0 Å². The van der Waals surface area contributed by atoms with Gasteiger partial charge in [0.05, 0.1) is 21.3 Å². The van der Waals surface area contributed by atoms with Crippen LogP contribution in [0.3, 0.4) is 0 Å². The van der Waals surface area contributed by atoms with Gasteiger partial charge in [-0.2, -0.15) is 0 Å². The molecule has 0 aliphatic carbocycles. The normalized spacial score (nSPS) is 10.2. The van der Waals surface area contributed by atoms with Crippen molar-refractivity contribution in [1.29, 1.82) is 0 Å². The van der Waals surface area contributed by atoms with E-state index in [-0.39, 0.29) is 5.69 Å². The molecule has 9 heteroatoms. The Morgan fingerprint density at radius 2 is 1.70 bits per heavy atom. The first kappa shape index (κ1) is 20.2. The second-order valence-corrected chi connectivity index (χ2v) is 5.45. The lowest BCUT2D eigenvalue weighted by atomic mass is 10.2. The molecule has 0 aliphatic heterocycles. The molecule has 0 unspecified atom stereocenters. The lowest BCUT2D eigenvalue weighted by Crippen LogP contribution is -2.15. The largest absolute Gasteiger partial charge is 0.493 e. The molecule has 2 rings (SSSR count). The molecule has 0 fully saturated rings. The van der Waals surface area contributed by atoms with Gasteiger partial charge in [-0.25, -0.2) is 0 Å². The van der Waals surface area contributed by atoms with Crippen LogP contribution in [0.1, 0.15) is 16.9 Å². The molecule has 9 nitrogen and oxygen atoms in total. The van der Waals surface area contributed by atoms with Gasteiger partial charge in [0, 0.05) is 38.1 Å². The van der Waals surface area contributed by atoms with Crippen LogP contribution in [0.5, 0.6) is 17.2 Å². The van der Waals surface area contributed by atoms with Crippen LogP contribution < -0.4 is 24.8 Å². The number of aromatic nitrogens is 2. The number of nitrogens with one attached hydrogen (secondary N) is 2. The van der Waals surface area contributed by atoms with Gasteiger partial charge in [0.15, 0.2) is 17.2 Å². The topological polar surface area (TPSA) is 104 Å². The number of ether oxygens (including phenoxy) is 4. The number of carbonyl (C=O) groups excluding carboxylic acids is 1. The highest BCUT2D eigenvalue weighted by molar-refractivity contribution is 6.03. The van der Waals surface area contributed by atoms with Crippen molar-refractivity contribution in [3.63, 3.8) is 0 Å². The molecule has 1 amide bonds. The predicted octanol–water partition coefficient (Wildman–Crippen LogP) is 2.20. The monoisotopic (exact) mass is 376 g/mol. The first-order valence-corrected chi connectivity index (χ1v) is 8.30. The summed E-state index contributed by atoms with van der Waals surface area (Å²) in [5.74, 6) is 1.52. The van der Waals surface area contributed by atoms with Gasteiger partial charge >= 0.3 is 0 Å². The summed E-state index contributed by atoms with van der Waals surface area (Å²) < 4.78 is 20.8. The number of benzene rings is 1. The highest BCUT2D eigenvalue weighted by Gasteiger charge is 2.16. The first-order valence-electron chi connectivity index (χ1n) is 8.30. The third-order valence-electron chi connectivity index (χ3n) is 3.65. The first-order chi connectivity index (χ1) is 13.1. The maximum atomic E-state index is 12.4. The molecule has 2 N–H and O–H groups in total. The Labute approximate surface area is 158 Å². The zero-order valence-corrected chi connectivity index (χ0v) is 15.9. The summed E-state index contributed by atoms with van der Waals surface area (Å²) in [5.41, 5.74) is 0.671. The van der Waals surface area contributed by atoms with Gasteiger partial charge in [-0.05, 0) is 18.6 Å². The summed E-state index contributed by atoms with van der Waals surface area (Å²) in [4.78, 5) is 12.4. The van der Waals surface area contributed by atoms with Crippen LogP contribution in [0, 0.1) is 0 Å². The summed E-state index contributed by atoms with van der Waals surface area (Å²) in [6, 6.07) is 6.57. The van der Waals surface area contributed by atoms with E-state index < -0.39 is 5.91 Å². The van der Waals surface area contributed by atoms with Crippen molar-refractivity contribution in [3.8, 4) is 17.2 Å². The van der Waals surface area contributed by atoms with Gasteiger partial charge < -0.3 is 29.6 Å². The number of carbonyl (C=O) groups is 1. The van der Waals surface area contributed by atoms with Crippen LogP contribution in [0.15, 0.2) is 24.3 Å². The van der Waals surface area contributed by atoms with E-state index in [9.17, 15) is 4.79 Å². The van der Waals surface area contributed by atoms with E-state index in [4.69, 9.17) is 18.9 Å². The second kappa shape index (κ2) is 10.2. The summed E-state index contributed by atoms with van der Waals surface area (Å²) in [7, 11) is 6.18. The average molecular weight is 376 g/mol. The zero-order valence-electron chi connectivity index (χ0n) is 15.9. The number of amides is 1. The van der Waals surface area contributed by atoms with Gasteiger partial charge in [0.25, 0.3) is 5.91 Å². The highest BCUT2D eigenvalue weighted by atomic mass is 16.5. The molecule has 2 aromatic rings. The van der Waals surface area contributed by atoms with Gasteiger partial charge in [0.2, 0.25) is 5.75 Å². The molecule has 0 spiro atoms. The molecule has 0 aliphatic rings. The number of hydrogen-bond acceptors (Lipinski definition) is 8. The third kappa shape index (κ3) is 5.45. The Morgan fingerprint density at radius 3 is 2.22 bits per heavy atom. The summed E-state index contributed by atoms with van der Waals surface area (Å²) >= 11 is 0. The minimum atomic E-state index is -0.400. The summed E-state index contributed by atoms with van der Waals surface area (Å²) in [6.07, 6.45) is 0.849. The third-order valence-corrected chi connectivity index (χ3v) is 3.65. The molecule has 0 radical (unpaired) electrons. The van der Waals surface area contributed by atoms with Crippen molar-refractivity contribution in [2.45, 2.75) is 6.42 Å². The molecular formula is C18H24N4O5. The average Bonchev–Trinajstić information content (AvgIpc) is 2.70. The molecule has 27 heavy (non-hydrogen) atoms. The lowest BCUT2D eigenvalue weighted by Gasteiger charge is -2.14. The molecule has 0 saturated carbocycles. The van der Waals surface area contributed by atoms with E-state index in [0.29, 0.717) is 41.9 Å². The minimum absolute atomic E-state index is 0.186. The van der Waals surface area contributed by atoms with Crippen LogP contribution in [0.4, 0.5) is 11.5 Å². The Bertz CT molecular complexity index is 727. The van der Waals surface area contributed by atoms with Gasteiger partial charge in [-0.15, -0.1) is 10.2 Å². The van der Waals surface area contributed by atoms with Crippen molar-refractivity contribution < 1.29 is 23.7 Å². The number of methoxy groups -OCH3 is 4. The number of anilines is 2. The Hall–Kier alpha value is -3.07. The maximum absolute atomic E-state index is 12.4. The molecule has 0 atom stereocenters. The standard InChI is InChI=1S/C18H24N4O5/c1-24-9-5-8-19-16-7-6-13(21-22-16)18(23)20-12-10-14(25-2)17(27-4)15(11-12)26-3/h6-7,10-11H,5,8-9H2,1-4H3,(H,19,22)(H,20,23). The molecule has 1 aromatic heterocycles. The maximum Gasteiger partial charge on any atom is 0.276 e. The molecule has 146 valence electrons. The van der Waals surface area contributed by atoms with Crippen LogP contribution in [0.2, 0.25) is 0 Å². The van der Waals surface area contributed by atoms with E-state index in [1.165, 1.54) is 21.3 Å². The minimum Gasteiger partial charge on any atom is -0.493 e. The number of rotatable bonds is 10. The van der Waals surface area contributed by atoms with Crippen molar-refractivity contribution in [2.75, 3.05) is 52.2 Å². The fourth-order valence-corrected chi connectivity index (χ4v) is 2.33. The van der Waals surface area contributed by atoms with Crippen LogP contribution in [-0.2, 0) is 4.74 Å². The van der Waals surface area contributed by atoms with E-state index in [2.05, 4.69) is 20.8 Å². The SMILES string of the molecule is COCCCNc1ccc(C(=O)Nc2cc(OC)c(OC)c(OC)c2)nn1. The smallest absolute Gasteiger partial charge is 0.276 e. The van der Waals surface area contributed by atoms with Crippen molar-refractivity contribution >= 4 is 17.4 Å². The lowest BCUT2D eigenvalue weighted by molar-refractivity contribution is 0.102. The molecule has 1 heterocycles. The fraction of sp³-hybridized carbons (Fsp3) is 0.389. The Morgan fingerprint density at radius 1 is 1.00 bits per heavy atom. The van der Waals surface area contributed by atoms with Gasteiger partial charge in [-0.3, -0.25) is 4.79 Å². The highest BCUT2D eigenvalue weighted by Crippen LogP contribution is 2.39. The van der Waals surface area contributed by atoms with Crippen LogP contribution >= 0.6 is 0 Å². The molecule has 0 bridgehead atoms. The zero-order chi connectivity index (χ0) is 19.6. The fourth-order valence-electron chi connectivity index (χ4n) is 2.33. The van der Waals surface area contributed by atoms with E-state index in [0.717, 1.165) is 6.42 Å². The Balaban J connectivity index is 2.06. The summed E-state index contributed by atoms with van der Waals surface area (Å²) in [5, 5.41) is 13.8. The number of hydrogen-bond donors (Lipinski definition) is 2. The summed E-state index contributed by atoms with van der Waals surface area (Å²) in [6.45, 7) is 1.37. The quantitative estimate of drug-likeness (QED) is 0.608. The van der Waals surface area contributed by atoms with Gasteiger partial charge in [0.1, 0.15) is 5.82 Å². The van der Waals surface area contributed by atoms with Crippen molar-refractivity contribution in [2.24, 2.45) is 0 Å². The van der Waals surface area contributed by atoms with E-state index in [1.54, 1.807) is 31.4 Å². The van der Waals surface area contributed by atoms with Gasteiger partial charge in [-0.1, -0.05) is 0 Å². The van der Waals surface area contributed by atoms with Crippen molar-refractivity contribution in [1.82, 2.24) is 10.2 Å². The Kier molecular flexibility index (Phi) is 7.63. The van der Waals surface area contributed by atoms with Crippen LogP contribution in [-0.4, -0.2) is 57.7 Å². The second-order valence-electron chi connectivity index (χ2n) is 5.45.